The predicted molar refractivity (Wildman–Crippen MR) is 123 cm³/mol. The average molecular weight is 402 g/mol. The van der Waals surface area contributed by atoms with Gasteiger partial charge in [0.15, 0.2) is 0 Å². The molecule has 0 unspecified atom stereocenters. The summed E-state index contributed by atoms with van der Waals surface area (Å²) in [6.07, 6.45) is 3.68. The van der Waals surface area contributed by atoms with E-state index in [1.807, 2.05) is 6.07 Å². The second kappa shape index (κ2) is 9.82. The lowest BCUT2D eigenvalue weighted by Gasteiger charge is -2.32. The number of rotatable bonds is 7. The summed E-state index contributed by atoms with van der Waals surface area (Å²) < 4.78 is 10.8. The smallest absolute Gasteiger partial charge is 0.122 e. The van der Waals surface area contributed by atoms with Gasteiger partial charge in [-0.25, -0.2) is 0 Å². The lowest BCUT2D eigenvalue weighted by Crippen LogP contribution is -2.33. The van der Waals surface area contributed by atoms with Gasteiger partial charge in [-0.15, -0.1) is 0 Å². The van der Waals surface area contributed by atoms with Crippen LogP contribution in [0.4, 0.5) is 0 Å². The number of methoxy groups -OCH3 is 2. The van der Waals surface area contributed by atoms with Gasteiger partial charge in [-0.05, 0) is 72.7 Å². The Morgan fingerprint density at radius 3 is 1.93 bits per heavy atom. The molecule has 0 atom stereocenters. The summed E-state index contributed by atoms with van der Waals surface area (Å²) in [5.74, 6) is 2.49. The van der Waals surface area contributed by atoms with Gasteiger partial charge in [0.05, 0.1) is 14.2 Å². The molecule has 1 saturated heterocycles. The van der Waals surface area contributed by atoms with Gasteiger partial charge in [-0.3, -0.25) is 4.90 Å². The number of benzene rings is 3. The first-order valence-electron chi connectivity index (χ1n) is 10.8. The molecule has 1 aliphatic heterocycles. The van der Waals surface area contributed by atoms with Crippen molar-refractivity contribution in [2.24, 2.45) is 5.92 Å². The van der Waals surface area contributed by atoms with Crippen LogP contribution < -0.4 is 9.47 Å². The highest BCUT2D eigenvalue weighted by Crippen LogP contribution is 2.27. The molecule has 1 fully saturated rings. The summed E-state index contributed by atoms with van der Waals surface area (Å²) in [5, 5.41) is 0. The van der Waals surface area contributed by atoms with Gasteiger partial charge in [-0.1, -0.05) is 54.6 Å². The molecule has 0 amide bonds. The molecule has 0 bridgehead atoms. The number of ether oxygens (including phenoxy) is 2. The Kier molecular flexibility index (Phi) is 6.70. The number of piperidine rings is 1. The maximum absolute atomic E-state index is 5.41. The van der Waals surface area contributed by atoms with E-state index in [0.717, 1.165) is 37.1 Å². The molecule has 30 heavy (non-hydrogen) atoms. The van der Waals surface area contributed by atoms with Crippen LogP contribution in [0.15, 0.2) is 72.8 Å². The van der Waals surface area contributed by atoms with Gasteiger partial charge in [0.1, 0.15) is 11.5 Å². The van der Waals surface area contributed by atoms with E-state index < -0.39 is 0 Å². The predicted octanol–water partition coefficient (Wildman–Crippen LogP) is 5.83. The first kappa shape index (κ1) is 20.5. The number of nitrogens with zero attached hydrogens (tertiary/aromatic N) is 1. The Bertz CT molecular complexity index is 907. The minimum Gasteiger partial charge on any atom is -0.497 e. The quantitative estimate of drug-likeness (QED) is 0.497. The van der Waals surface area contributed by atoms with Crippen molar-refractivity contribution in [3.05, 3.63) is 83.9 Å². The summed E-state index contributed by atoms with van der Waals surface area (Å²) in [4.78, 5) is 2.54. The number of hydrogen-bond donors (Lipinski definition) is 0. The summed E-state index contributed by atoms with van der Waals surface area (Å²) in [6.45, 7) is 3.24. The lowest BCUT2D eigenvalue weighted by atomic mass is 9.89. The second-order valence-corrected chi connectivity index (χ2v) is 8.21. The number of likely N-dealkylation sites (tertiary alicyclic amines) is 1. The van der Waals surface area contributed by atoms with Crippen LogP contribution in [0.25, 0.3) is 11.1 Å². The molecule has 0 spiro atoms. The molecule has 0 radical (unpaired) electrons. The largest absolute Gasteiger partial charge is 0.497 e. The highest BCUT2D eigenvalue weighted by atomic mass is 16.5. The van der Waals surface area contributed by atoms with E-state index in [9.17, 15) is 0 Å². The van der Waals surface area contributed by atoms with Crippen LogP contribution in [0.3, 0.4) is 0 Å². The third-order valence-electron chi connectivity index (χ3n) is 6.11. The van der Waals surface area contributed by atoms with Gasteiger partial charge < -0.3 is 9.47 Å². The summed E-state index contributed by atoms with van der Waals surface area (Å²) in [6, 6.07) is 25.9. The van der Waals surface area contributed by atoms with Crippen molar-refractivity contribution in [1.82, 2.24) is 4.90 Å². The van der Waals surface area contributed by atoms with Crippen molar-refractivity contribution in [2.45, 2.75) is 25.8 Å². The Hall–Kier alpha value is -2.78. The van der Waals surface area contributed by atoms with Crippen LogP contribution in [0.1, 0.15) is 24.0 Å². The molecule has 0 aliphatic carbocycles. The minimum absolute atomic E-state index is 0.767. The van der Waals surface area contributed by atoms with E-state index in [0.29, 0.717) is 0 Å². The maximum Gasteiger partial charge on any atom is 0.122 e. The molecule has 3 aromatic rings. The molecule has 0 saturated carbocycles. The summed E-state index contributed by atoms with van der Waals surface area (Å²) in [5.41, 5.74) is 5.28. The third-order valence-corrected chi connectivity index (χ3v) is 6.11. The maximum atomic E-state index is 5.41. The summed E-state index contributed by atoms with van der Waals surface area (Å²) >= 11 is 0. The van der Waals surface area contributed by atoms with Gasteiger partial charge >= 0.3 is 0 Å². The number of hydrogen-bond acceptors (Lipinski definition) is 3. The van der Waals surface area contributed by atoms with Gasteiger partial charge in [0.2, 0.25) is 0 Å². The normalized spacial score (nSPS) is 15.1. The van der Waals surface area contributed by atoms with Gasteiger partial charge in [-0.2, -0.15) is 0 Å². The fourth-order valence-electron chi connectivity index (χ4n) is 4.36. The van der Waals surface area contributed by atoms with Crippen molar-refractivity contribution in [2.75, 3.05) is 27.3 Å². The van der Waals surface area contributed by atoms with Crippen molar-refractivity contribution in [3.8, 4) is 22.6 Å². The molecule has 4 rings (SSSR count). The van der Waals surface area contributed by atoms with Crippen LogP contribution in [0.5, 0.6) is 11.5 Å². The standard InChI is InChI=1S/C27H31NO2/c1-29-26-17-23(18-27(19-26)30-2)20-28-14-12-22(13-15-28)16-21-8-10-25(11-9-21)24-6-4-3-5-7-24/h3-11,17-19,22H,12-16,20H2,1-2H3. The van der Waals surface area contributed by atoms with Crippen LogP contribution in [-0.4, -0.2) is 32.2 Å². The minimum atomic E-state index is 0.767. The monoisotopic (exact) mass is 401 g/mol. The fourth-order valence-corrected chi connectivity index (χ4v) is 4.36. The molecular formula is C27H31NO2. The zero-order valence-electron chi connectivity index (χ0n) is 18.0. The van der Waals surface area contributed by atoms with Gasteiger partial charge in [0.25, 0.3) is 0 Å². The van der Waals surface area contributed by atoms with E-state index in [1.54, 1.807) is 14.2 Å². The van der Waals surface area contributed by atoms with Crippen LogP contribution >= 0.6 is 0 Å². The Morgan fingerprint density at radius 1 is 0.733 bits per heavy atom. The molecule has 1 heterocycles. The molecule has 1 aliphatic rings. The highest BCUT2D eigenvalue weighted by molar-refractivity contribution is 5.63. The second-order valence-electron chi connectivity index (χ2n) is 8.21. The molecule has 0 N–H and O–H groups in total. The molecule has 156 valence electrons. The molecule has 3 nitrogen and oxygen atoms in total. The third kappa shape index (κ3) is 5.22. The Labute approximate surface area is 180 Å². The Balaban J connectivity index is 1.30. The van der Waals surface area contributed by atoms with Crippen molar-refractivity contribution >= 4 is 0 Å². The molecular weight excluding hydrogens is 370 g/mol. The molecule has 0 aromatic heterocycles. The zero-order valence-corrected chi connectivity index (χ0v) is 18.0. The lowest BCUT2D eigenvalue weighted by molar-refractivity contribution is 0.176. The van der Waals surface area contributed by atoms with Crippen molar-refractivity contribution in [3.63, 3.8) is 0 Å². The highest BCUT2D eigenvalue weighted by Gasteiger charge is 2.20. The van der Waals surface area contributed by atoms with E-state index in [1.165, 1.54) is 41.5 Å². The van der Waals surface area contributed by atoms with E-state index in [4.69, 9.17) is 9.47 Å². The van der Waals surface area contributed by atoms with Crippen LogP contribution in [0, 0.1) is 5.92 Å². The summed E-state index contributed by atoms with van der Waals surface area (Å²) in [7, 11) is 3.41. The molecule has 3 aromatic carbocycles. The average Bonchev–Trinajstić information content (AvgIpc) is 2.81. The van der Waals surface area contributed by atoms with Crippen molar-refractivity contribution < 1.29 is 9.47 Å². The van der Waals surface area contributed by atoms with Crippen LogP contribution in [-0.2, 0) is 13.0 Å². The van der Waals surface area contributed by atoms with Crippen LogP contribution in [0.2, 0.25) is 0 Å². The van der Waals surface area contributed by atoms with E-state index in [2.05, 4.69) is 71.6 Å². The Morgan fingerprint density at radius 2 is 1.33 bits per heavy atom. The SMILES string of the molecule is COc1cc(CN2CCC(Cc3ccc(-c4ccccc4)cc3)CC2)cc(OC)c1. The fraction of sp³-hybridized carbons (Fsp3) is 0.333. The first-order chi connectivity index (χ1) is 14.7. The topological polar surface area (TPSA) is 21.7 Å². The first-order valence-corrected chi connectivity index (χ1v) is 10.8. The van der Waals surface area contributed by atoms with E-state index in [-0.39, 0.29) is 0 Å². The zero-order chi connectivity index (χ0) is 20.8. The van der Waals surface area contributed by atoms with Gasteiger partial charge in [0, 0.05) is 12.6 Å². The van der Waals surface area contributed by atoms with Crippen molar-refractivity contribution in [1.29, 1.82) is 0 Å². The molecule has 3 heteroatoms. The van der Waals surface area contributed by atoms with E-state index >= 15 is 0 Å².